The number of anilines is 1. The summed E-state index contributed by atoms with van der Waals surface area (Å²) in [7, 11) is 0. The normalized spacial score (nSPS) is 10.8. The average Bonchev–Trinajstić information content (AvgIpc) is 3.06. The molecule has 0 aliphatic carbocycles. The largest absolute Gasteiger partial charge is 0.364 e. The van der Waals surface area contributed by atoms with E-state index in [1.54, 1.807) is 19.1 Å². The summed E-state index contributed by atoms with van der Waals surface area (Å²) in [4.78, 5) is 27.1. The predicted molar refractivity (Wildman–Crippen MR) is 101 cm³/mol. The molecule has 2 N–H and O–H groups in total. The lowest BCUT2D eigenvalue weighted by molar-refractivity contribution is 0.102. The molecule has 0 bridgehead atoms. The maximum Gasteiger partial charge on any atom is 0.261 e. The Morgan fingerprint density at radius 2 is 1.88 bits per heavy atom. The highest BCUT2D eigenvalue weighted by Crippen LogP contribution is 2.19. The van der Waals surface area contributed by atoms with Crippen LogP contribution in [0.15, 0.2) is 71.8 Å². The second-order valence-electron chi connectivity index (χ2n) is 6.01. The Morgan fingerprint density at radius 1 is 1.12 bits per heavy atom. The van der Waals surface area contributed by atoms with Gasteiger partial charge in [0.1, 0.15) is 5.56 Å². The quantitative estimate of drug-likeness (QED) is 0.598. The van der Waals surface area contributed by atoms with Crippen LogP contribution < -0.4 is 10.7 Å². The number of aromatic amines is 1. The molecule has 4 aromatic rings. The van der Waals surface area contributed by atoms with Crippen LogP contribution in [0.3, 0.4) is 0 Å². The van der Waals surface area contributed by atoms with Crippen molar-refractivity contribution in [3.05, 3.63) is 88.5 Å². The number of pyridine rings is 1. The molecule has 0 atom stereocenters. The number of carbonyl (C=O) groups excluding carboxylic acids is 1. The molecule has 0 saturated heterocycles. The molecule has 26 heavy (non-hydrogen) atoms. The van der Waals surface area contributed by atoms with E-state index in [1.165, 1.54) is 12.3 Å². The highest BCUT2D eigenvalue weighted by molar-refractivity contribution is 6.04. The van der Waals surface area contributed by atoms with Gasteiger partial charge in [0.15, 0.2) is 5.43 Å². The lowest BCUT2D eigenvalue weighted by Crippen LogP contribution is -2.21. The zero-order valence-corrected chi connectivity index (χ0v) is 14.1. The smallest absolute Gasteiger partial charge is 0.261 e. The maximum absolute atomic E-state index is 12.3. The summed E-state index contributed by atoms with van der Waals surface area (Å²) in [6, 6.07) is 16.7. The van der Waals surface area contributed by atoms with E-state index >= 15 is 0 Å². The lowest BCUT2D eigenvalue weighted by Gasteiger charge is -2.07. The Kier molecular flexibility index (Phi) is 3.85. The average molecular weight is 344 g/mol. The van der Waals surface area contributed by atoms with E-state index in [4.69, 9.17) is 0 Å². The van der Waals surface area contributed by atoms with Gasteiger partial charge >= 0.3 is 0 Å². The monoisotopic (exact) mass is 344 g/mol. The van der Waals surface area contributed by atoms with Crippen LogP contribution in [0.2, 0.25) is 0 Å². The zero-order chi connectivity index (χ0) is 18.1. The predicted octanol–water partition coefficient (Wildman–Crippen LogP) is 3.27. The van der Waals surface area contributed by atoms with Crippen molar-refractivity contribution < 1.29 is 4.79 Å². The number of aryl methyl sites for hydroxylation is 1. The van der Waals surface area contributed by atoms with Crippen molar-refractivity contribution in [2.45, 2.75) is 6.92 Å². The number of para-hydroxylation sites is 1. The number of nitrogens with one attached hydrogen (secondary N) is 2. The van der Waals surface area contributed by atoms with E-state index < -0.39 is 5.91 Å². The van der Waals surface area contributed by atoms with Crippen LogP contribution >= 0.6 is 0 Å². The third kappa shape index (κ3) is 2.88. The maximum atomic E-state index is 12.3. The molecular formula is C20H16N4O2. The van der Waals surface area contributed by atoms with Gasteiger partial charge in [-0.15, -0.1) is 0 Å². The van der Waals surface area contributed by atoms with Gasteiger partial charge in [0.2, 0.25) is 0 Å². The Hall–Kier alpha value is -3.67. The number of hydrogen-bond donors (Lipinski definition) is 2. The number of fused-ring (bicyclic) bond motifs is 1. The summed E-state index contributed by atoms with van der Waals surface area (Å²) >= 11 is 0. The first kappa shape index (κ1) is 15.8. The molecule has 0 unspecified atom stereocenters. The Morgan fingerprint density at radius 3 is 2.65 bits per heavy atom. The molecule has 128 valence electrons. The van der Waals surface area contributed by atoms with Gasteiger partial charge in [-0.1, -0.05) is 18.2 Å². The number of H-pyrrole nitrogens is 1. The number of hydrogen-bond acceptors (Lipinski definition) is 3. The van der Waals surface area contributed by atoms with E-state index in [1.807, 2.05) is 47.3 Å². The summed E-state index contributed by atoms with van der Waals surface area (Å²) in [6.07, 6.45) is 3.24. The molecular weight excluding hydrogens is 328 g/mol. The molecule has 0 aliphatic heterocycles. The van der Waals surface area contributed by atoms with Crippen LogP contribution in [0.5, 0.6) is 0 Å². The van der Waals surface area contributed by atoms with Crippen LogP contribution in [0.25, 0.3) is 16.6 Å². The minimum Gasteiger partial charge on any atom is -0.364 e. The van der Waals surface area contributed by atoms with E-state index in [9.17, 15) is 9.59 Å². The molecule has 0 fully saturated rings. The van der Waals surface area contributed by atoms with Gasteiger partial charge in [-0.3, -0.25) is 9.59 Å². The van der Waals surface area contributed by atoms with Gasteiger partial charge in [0.25, 0.3) is 5.91 Å². The fourth-order valence-corrected chi connectivity index (χ4v) is 2.81. The minimum atomic E-state index is -0.441. The van der Waals surface area contributed by atoms with Gasteiger partial charge in [0.05, 0.1) is 17.4 Å². The zero-order valence-electron chi connectivity index (χ0n) is 14.1. The fraction of sp³-hybridized carbons (Fsp3) is 0.0500. The topological polar surface area (TPSA) is 79.8 Å². The highest BCUT2D eigenvalue weighted by Gasteiger charge is 2.11. The van der Waals surface area contributed by atoms with Crippen molar-refractivity contribution >= 4 is 22.5 Å². The van der Waals surface area contributed by atoms with Crippen molar-refractivity contribution in [1.29, 1.82) is 0 Å². The van der Waals surface area contributed by atoms with Crippen LogP contribution in [-0.4, -0.2) is 20.7 Å². The second kappa shape index (κ2) is 6.33. The van der Waals surface area contributed by atoms with E-state index in [2.05, 4.69) is 15.4 Å². The number of amides is 1. The van der Waals surface area contributed by atoms with Crippen molar-refractivity contribution in [3.8, 4) is 5.69 Å². The molecule has 4 rings (SSSR count). The summed E-state index contributed by atoms with van der Waals surface area (Å²) < 4.78 is 1.84. The van der Waals surface area contributed by atoms with E-state index in [-0.39, 0.29) is 11.0 Å². The van der Waals surface area contributed by atoms with Crippen molar-refractivity contribution in [1.82, 2.24) is 14.8 Å². The highest BCUT2D eigenvalue weighted by atomic mass is 16.2. The summed E-state index contributed by atoms with van der Waals surface area (Å²) in [5.41, 5.74) is 2.99. The summed E-state index contributed by atoms with van der Waals surface area (Å²) in [5, 5.41) is 8.21. The first-order chi connectivity index (χ1) is 12.6. The molecule has 6 heteroatoms. The first-order valence-corrected chi connectivity index (χ1v) is 8.16. The van der Waals surface area contributed by atoms with Gasteiger partial charge in [0, 0.05) is 29.0 Å². The lowest BCUT2D eigenvalue weighted by atomic mass is 10.2. The molecule has 1 amide bonds. The van der Waals surface area contributed by atoms with Gasteiger partial charge in [-0.25, -0.2) is 4.68 Å². The fourth-order valence-electron chi connectivity index (χ4n) is 2.81. The van der Waals surface area contributed by atoms with Gasteiger partial charge in [-0.05, 0) is 37.3 Å². The SMILES string of the molecule is Cc1cc(=O)c(C(=O)Nc2ccc(-n3ncc4ccccc43)cc2)c[nH]1. The number of carbonyl (C=O) groups is 1. The van der Waals surface area contributed by atoms with Gasteiger partial charge < -0.3 is 10.3 Å². The van der Waals surface area contributed by atoms with Gasteiger partial charge in [-0.2, -0.15) is 5.10 Å². The Balaban J connectivity index is 1.58. The standard InChI is InChI=1S/C20H16N4O2/c1-13-10-19(25)17(12-21-13)20(26)23-15-6-8-16(9-7-15)24-18-5-3-2-4-14(18)11-22-24/h2-12H,1H3,(H,21,25)(H,23,26). The Labute approximate surface area is 149 Å². The van der Waals surface area contributed by atoms with Crippen molar-refractivity contribution in [2.24, 2.45) is 0 Å². The third-order valence-corrected chi connectivity index (χ3v) is 4.15. The molecule has 2 aromatic heterocycles. The Bertz CT molecular complexity index is 1160. The molecule has 0 radical (unpaired) electrons. The number of rotatable bonds is 3. The van der Waals surface area contributed by atoms with E-state index in [0.717, 1.165) is 16.6 Å². The molecule has 2 aromatic carbocycles. The van der Waals surface area contributed by atoms with Crippen LogP contribution in [0.4, 0.5) is 5.69 Å². The summed E-state index contributed by atoms with van der Waals surface area (Å²) in [6.45, 7) is 1.76. The van der Waals surface area contributed by atoms with Crippen molar-refractivity contribution in [3.63, 3.8) is 0 Å². The molecule has 6 nitrogen and oxygen atoms in total. The van der Waals surface area contributed by atoms with E-state index in [0.29, 0.717) is 11.4 Å². The third-order valence-electron chi connectivity index (χ3n) is 4.15. The van der Waals surface area contributed by atoms with Crippen LogP contribution in [-0.2, 0) is 0 Å². The molecule has 0 aliphatic rings. The van der Waals surface area contributed by atoms with Crippen LogP contribution in [0, 0.1) is 6.92 Å². The minimum absolute atomic E-state index is 0.0812. The number of nitrogens with zero attached hydrogens (tertiary/aromatic N) is 2. The van der Waals surface area contributed by atoms with Crippen LogP contribution in [0.1, 0.15) is 16.1 Å². The molecule has 0 spiro atoms. The summed E-state index contributed by atoms with van der Waals surface area (Å²) in [5.74, 6) is -0.441. The molecule has 2 heterocycles. The van der Waals surface area contributed by atoms with Crippen molar-refractivity contribution in [2.75, 3.05) is 5.32 Å². The number of benzene rings is 2. The second-order valence-corrected chi connectivity index (χ2v) is 6.01. The molecule has 0 saturated carbocycles. The number of aromatic nitrogens is 3. The first-order valence-electron chi connectivity index (χ1n) is 8.16.